The summed E-state index contributed by atoms with van der Waals surface area (Å²) in [4.78, 5) is 14.4. The average molecular weight is 329 g/mol. The second kappa shape index (κ2) is 6.99. The number of hydrogen-bond donors (Lipinski definition) is 1. The Bertz CT molecular complexity index is 491. The summed E-state index contributed by atoms with van der Waals surface area (Å²) < 4.78 is 0. The maximum absolute atomic E-state index is 12.4. The number of likely N-dealkylation sites (tertiary alicyclic amines) is 1. The van der Waals surface area contributed by atoms with Crippen molar-refractivity contribution < 1.29 is 4.79 Å². The topological polar surface area (TPSA) is 32.3 Å². The molecule has 2 saturated heterocycles. The minimum atomic E-state index is 0. The van der Waals surface area contributed by atoms with E-state index in [9.17, 15) is 4.79 Å². The van der Waals surface area contributed by atoms with E-state index in [4.69, 9.17) is 11.6 Å². The normalized spacial score (nSPS) is 20.3. The highest BCUT2D eigenvalue weighted by Crippen LogP contribution is 2.37. The van der Waals surface area contributed by atoms with Crippen molar-refractivity contribution in [3.8, 4) is 0 Å². The monoisotopic (exact) mass is 328 g/mol. The average Bonchev–Trinajstić information content (AvgIpc) is 2.90. The van der Waals surface area contributed by atoms with E-state index in [2.05, 4.69) is 5.32 Å². The van der Waals surface area contributed by atoms with Crippen LogP contribution in [0.5, 0.6) is 0 Å². The molecule has 2 heterocycles. The molecule has 5 heteroatoms. The third-order valence-electron chi connectivity index (χ3n) is 4.81. The van der Waals surface area contributed by atoms with Gasteiger partial charge in [-0.1, -0.05) is 29.8 Å². The van der Waals surface area contributed by atoms with Crippen LogP contribution in [0.2, 0.25) is 5.02 Å². The predicted octanol–water partition coefficient (Wildman–Crippen LogP) is 2.91. The zero-order valence-corrected chi connectivity index (χ0v) is 13.7. The molecule has 21 heavy (non-hydrogen) atoms. The summed E-state index contributed by atoms with van der Waals surface area (Å²) >= 11 is 6.13. The summed E-state index contributed by atoms with van der Waals surface area (Å²) in [6, 6.07) is 7.62. The smallest absolute Gasteiger partial charge is 0.227 e. The Morgan fingerprint density at radius 2 is 1.95 bits per heavy atom. The summed E-state index contributed by atoms with van der Waals surface area (Å²) in [5.74, 6) is 0.207. The second-order valence-corrected chi connectivity index (χ2v) is 6.48. The van der Waals surface area contributed by atoms with Crippen molar-refractivity contribution in [2.75, 3.05) is 26.2 Å². The predicted molar refractivity (Wildman–Crippen MR) is 88.1 cm³/mol. The van der Waals surface area contributed by atoms with E-state index in [0.717, 1.165) is 44.6 Å². The van der Waals surface area contributed by atoms with Crippen molar-refractivity contribution in [1.29, 1.82) is 0 Å². The zero-order chi connectivity index (χ0) is 14.0. The van der Waals surface area contributed by atoms with E-state index in [-0.39, 0.29) is 18.3 Å². The minimum Gasteiger partial charge on any atom is -0.342 e. The molecule has 0 atom stereocenters. The third kappa shape index (κ3) is 3.71. The highest BCUT2D eigenvalue weighted by molar-refractivity contribution is 6.31. The highest BCUT2D eigenvalue weighted by Gasteiger charge is 2.37. The molecular formula is C16H22Cl2N2O. The molecule has 116 valence electrons. The van der Waals surface area contributed by atoms with Crippen LogP contribution in [0.15, 0.2) is 24.3 Å². The van der Waals surface area contributed by atoms with Gasteiger partial charge in [-0.2, -0.15) is 0 Å². The number of hydrogen-bond acceptors (Lipinski definition) is 2. The van der Waals surface area contributed by atoms with Crippen molar-refractivity contribution in [2.45, 2.75) is 25.7 Å². The Morgan fingerprint density at radius 1 is 1.24 bits per heavy atom. The van der Waals surface area contributed by atoms with Crippen LogP contribution in [0.4, 0.5) is 0 Å². The lowest BCUT2D eigenvalue weighted by atomic mass is 9.78. The summed E-state index contributed by atoms with van der Waals surface area (Å²) in [5, 5.41) is 4.14. The number of benzene rings is 1. The van der Waals surface area contributed by atoms with Crippen LogP contribution in [-0.2, 0) is 11.2 Å². The first-order valence-corrected chi connectivity index (χ1v) is 7.78. The van der Waals surface area contributed by atoms with Gasteiger partial charge >= 0.3 is 0 Å². The lowest BCUT2D eigenvalue weighted by Gasteiger charge is -2.39. The summed E-state index contributed by atoms with van der Waals surface area (Å²) in [7, 11) is 0. The molecule has 0 bridgehead atoms. The Balaban J connectivity index is 0.00000161. The van der Waals surface area contributed by atoms with Gasteiger partial charge in [0.1, 0.15) is 0 Å². The molecular weight excluding hydrogens is 307 g/mol. The maximum atomic E-state index is 12.4. The first kappa shape index (κ1) is 16.6. The molecule has 2 aliphatic rings. The summed E-state index contributed by atoms with van der Waals surface area (Å²) in [6.07, 6.45) is 3.95. The van der Waals surface area contributed by atoms with Crippen LogP contribution in [0, 0.1) is 5.41 Å². The number of carbonyl (C=O) groups excluding carboxylic acids is 1. The first-order valence-electron chi connectivity index (χ1n) is 7.40. The minimum absolute atomic E-state index is 0. The van der Waals surface area contributed by atoms with Crippen molar-refractivity contribution >= 4 is 29.9 Å². The number of nitrogens with one attached hydrogen (secondary N) is 1. The molecule has 2 aliphatic heterocycles. The van der Waals surface area contributed by atoms with Gasteiger partial charge in [-0.3, -0.25) is 4.79 Å². The SMILES string of the molecule is Cl.O=C(Cc1ccccc1Cl)N1CCC2(CCNC2)CC1. The van der Waals surface area contributed by atoms with E-state index < -0.39 is 0 Å². The molecule has 1 aromatic carbocycles. The Labute approximate surface area is 137 Å². The molecule has 0 radical (unpaired) electrons. The van der Waals surface area contributed by atoms with Gasteiger partial charge in [0.2, 0.25) is 5.91 Å². The number of nitrogens with zero attached hydrogens (tertiary/aromatic N) is 1. The molecule has 0 aliphatic carbocycles. The fraction of sp³-hybridized carbons (Fsp3) is 0.562. The van der Waals surface area contributed by atoms with E-state index in [1.807, 2.05) is 29.2 Å². The van der Waals surface area contributed by atoms with Crippen molar-refractivity contribution in [3.05, 3.63) is 34.9 Å². The number of rotatable bonds is 2. The molecule has 1 N–H and O–H groups in total. The van der Waals surface area contributed by atoms with Gasteiger partial charge in [0, 0.05) is 24.7 Å². The number of piperidine rings is 1. The Morgan fingerprint density at radius 3 is 2.57 bits per heavy atom. The summed E-state index contributed by atoms with van der Waals surface area (Å²) in [5.41, 5.74) is 1.39. The maximum Gasteiger partial charge on any atom is 0.227 e. The highest BCUT2D eigenvalue weighted by atomic mass is 35.5. The quantitative estimate of drug-likeness (QED) is 0.905. The molecule has 0 unspecified atom stereocenters. The van der Waals surface area contributed by atoms with Crippen molar-refractivity contribution in [1.82, 2.24) is 10.2 Å². The van der Waals surface area contributed by atoms with E-state index in [1.165, 1.54) is 6.42 Å². The number of halogens is 2. The van der Waals surface area contributed by atoms with Crippen LogP contribution in [0.25, 0.3) is 0 Å². The zero-order valence-electron chi connectivity index (χ0n) is 12.1. The van der Waals surface area contributed by atoms with Crippen LogP contribution in [-0.4, -0.2) is 37.0 Å². The van der Waals surface area contributed by atoms with Gasteiger partial charge in [-0.15, -0.1) is 12.4 Å². The van der Waals surface area contributed by atoms with Crippen molar-refractivity contribution in [3.63, 3.8) is 0 Å². The second-order valence-electron chi connectivity index (χ2n) is 6.08. The van der Waals surface area contributed by atoms with E-state index >= 15 is 0 Å². The fourth-order valence-electron chi connectivity index (χ4n) is 3.37. The lowest BCUT2D eigenvalue weighted by Crippen LogP contribution is -2.44. The van der Waals surface area contributed by atoms with Gasteiger partial charge in [0.05, 0.1) is 6.42 Å². The fourth-order valence-corrected chi connectivity index (χ4v) is 3.57. The molecule has 1 amide bonds. The van der Waals surface area contributed by atoms with Gasteiger partial charge in [-0.05, 0) is 42.9 Å². The number of carbonyl (C=O) groups is 1. The molecule has 0 aromatic heterocycles. The standard InChI is InChI=1S/C16H21ClN2O.ClH/c17-14-4-2-1-3-13(14)11-15(20)19-9-6-16(7-10-19)5-8-18-12-16;/h1-4,18H,5-12H2;1H. The Kier molecular flexibility index (Phi) is 5.53. The summed E-state index contributed by atoms with van der Waals surface area (Å²) in [6.45, 7) is 4.04. The molecule has 1 aromatic rings. The van der Waals surface area contributed by atoms with E-state index in [1.54, 1.807) is 0 Å². The lowest BCUT2D eigenvalue weighted by molar-refractivity contribution is -0.132. The van der Waals surface area contributed by atoms with Crippen LogP contribution in [0.3, 0.4) is 0 Å². The largest absolute Gasteiger partial charge is 0.342 e. The molecule has 0 saturated carbocycles. The van der Waals surface area contributed by atoms with Gasteiger partial charge in [0.15, 0.2) is 0 Å². The van der Waals surface area contributed by atoms with Gasteiger partial charge in [-0.25, -0.2) is 0 Å². The van der Waals surface area contributed by atoms with E-state index in [0.29, 0.717) is 16.9 Å². The third-order valence-corrected chi connectivity index (χ3v) is 5.18. The molecule has 2 fully saturated rings. The molecule has 3 rings (SSSR count). The van der Waals surface area contributed by atoms with Crippen LogP contribution < -0.4 is 5.32 Å². The molecule has 3 nitrogen and oxygen atoms in total. The van der Waals surface area contributed by atoms with Crippen molar-refractivity contribution in [2.24, 2.45) is 5.41 Å². The molecule has 1 spiro atoms. The van der Waals surface area contributed by atoms with Gasteiger partial charge < -0.3 is 10.2 Å². The van der Waals surface area contributed by atoms with Gasteiger partial charge in [0.25, 0.3) is 0 Å². The Hall–Kier alpha value is -0.770. The van der Waals surface area contributed by atoms with Crippen LogP contribution in [0.1, 0.15) is 24.8 Å². The first-order chi connectivity index (χ1) is 9.69. The number of amides is 1. The van der Waals surface area contributed by atoms with Crippen LogP contribution >= 0.6 is 24.0 Å².